The molecule has 2 fully saturated rings. The van der Waals surface area contributed by atoms with Crippen LogP contribution in [0.25, 0.3) is 43.8 Å². The Morgan fingerprint density at radius 3 is 1.19 bits per heavy atom. The van der Waals surface area contributed by atoms with Crippen molar-refractivity contribution in [2.45, 2.75) is 91.9 Å². The Kier molecular flexibility index (Phi) is 18.1. The fourth-order valence-corrected chi connectivity index (χ4v) is 8.30. The molecule has 0 unspecified atom stereocenters. The third kappa shape index (κ3) is 10.1. The fraction of sp³-hybridized carbons (Fsp3) is 0.333. The SMILES string of the molecule is CCC1(Cc2cc3c(-c4ccc(C)cc4)cccc3[cH-]2)CCC1.CCC1(Cc2cc3c(-c4ccc(C)cc4)cccc3[cH-]2)CCC1.Cl.Cl.[CH3-].[CH3-].[Si]=[Zr]. The molecule has 0 amide bonds. The van der Waals surface area contributed by atoms with Gasteiger partial charge in [0.2, 0.25) is 0 Å². The van der Waals surface area contributed by atoms with Gasteiger partial charge in [-0.1, -0.05) is 122 Å². The second-order valence-electron chi connectivity index (χ2n) is 14.8. The first-order valence-electron chi connectivity index (χ1n) is 18.1. The van der Waals surface area contributed by atoms with E-state index in [1.54, 1.807) is 0 Å². The van der Waals surface area contributed by atoms with Crippen molar-refractivity contribution in [2.75, 3.05) is 0 Å². The minimum absolute atomic E-state index is 0. The fourth-order valence-electron chi connectivity index (χ4n) is 8.30. The molecule has 0 atom stereocenters. The predicted molar refractivity (Wildman–Crippen MR) is 233 cm³/mol. The van der Waals surface area contributed by atoms with E-state index in [0.717, 1.165) is 0 Å². The second kappa shape index (κ2) is 20.5. The van der Waals surface area contributed by atoms with Crippen LogP contribution in [0, 0.1) is 39.5 Å². The van der Waals surface area contributed by atoms with E-state index in [-0.39, 0.29) is 39.7 Å². The molecule has 0 spiro atoms. The molecule has 0 N–H and O–H groups in total. The molecule has 0 heterocycles. The van der Waals surface area contributed by atoms with Gasteiger partial charge in [0.25, 0.3) is 0 Å². The van der Waals surface area contributed by atoms with Crippen LogP contribution in [-0.2, 0) is 36.2 Å². The van der Waals surface area contributed by atoms with Gasteiger partial charge in [0.1, 0.15) is 0 Å². The summed E-state index contributed by atoms with van der Waals surface area (Å²) in [6, 6.07) is 41.0. The number of hydrogen-bond donors (Lipinski definition) is 0. The molecule has 6 aromatic carbocycles. The number of halogens is 2. The molecular formula is C48H58Cl2SiZr-4. The minimum atomic E-state index is 0. The van der Waals surface area contributed by atoms with Crippen LogP contribution in [0.3, 0.4) is 0 Å². The summed E-state index contributed by atoms with van der Waals surface area (Å²) in [5.41, 5.74) is 12.3. The molecule has 4 heteroatoms. The molecule has 0 aliphatic heterocycles. The Labute approximate surface area is 345 Å². The molecule has 2 aliphatic carbocycles. The Morgan fingerprint density at radius 1 is 0.558 bits per heavy atom. The van der Waals surface area contributed by atoms with Crippen molar-refractivity contribution in [3.05, 3.63) is 146 Å². The molecule has 2 radical (unpaired) electrons. The van der Waals surface area contributed by atoms with E-state index in [2.05, 4.69) is 144 Å². The zero-order valence-electron chi connectivity index (χ0n) is 32.3. The molecule has 0 bridgehead atoms. The first kappa shape index (κ1) is 45.9. The molecule has 276 valence electrons. The van der Waals surface area contributed by atoms with Crippen molar-refractivity contribution in [3.63, 3.8) is 0 Å². The molecule has 0 nitrogen and oxygen atoms in total. The molecule has 2 saturated carbocycles. The normalized spacial score (nSPS) is 14.6. The Balaban J connectivity index is 0.000000320. The van der Waals surface area contributed by atoms with Crippen LogP contribution in [0.4, 0.5) is 0 Å². The van der Waals surface area contributed by atoms with E-state index in [1.165, 1.54) is 154 Å². The van der Waals surface area contributed by atoms with Crippen LogP contribution in [0.15, 0.2) is 109 Å². The molecule has 8 rings (SSSR count). The van der Waals surface area contributed by atoms with Gasteiger partial charge in [0.05, 0.1) is 0 Å². The van der Waals surface area contributed by atoms with Crippen molar-refractivity contribution in [3.8, 4) is 22.3 Å². The van der Waals surface area contributed by atoms with Crippen molar-refractivity contribution in [1.29, 1.82) is 0 Å². The topological polar surface area (TPSA) is 0 Å². The van der Waals surface area contributed by atoms with E-state index in [4.69, 9.17) is 0 Å². The molecule has 6 aromatic rings. The summed E-state index contributed by atoms with van der Waals surface area (Å²) in [7, 11) is 0. The summed E-state index contributed by atoms with van der Waals surface area (Å²) in [5.74, 6) is 0. The van der Waals surface area contributed by atoms with E-state index in [9.17, 15) is 0 Å². The van der Waals surface area contributed by atoms with Gasteiger partial charge >= 0.3 is 30.2 Å². The summed E-state index contributed by atoms with van der Waals surface area (Å²) in [6.45, 7) is 12.1. The van der Waals surface area contributed by atoms with Gasteiger partial charge in [-0.05, 0) is 74.3 Å². The van der Waals surface area contributed by atoms with E-state index in [0.29, 0.717) is 10.8 Å². The van der Waals surface area contributed by atoms with Crippen LogP contribution in [-0.4, -0.2) is 6.88 Å². The van der Waals surface area contributed by atoms with Gasteiger partial charge in [0.15, 0.2) is 0 Å². The summed E-state index contributed by atoms with van der Waals surface area (Å²) in [4.78, 5) is 0. The number of fused-ring (bicyclic) bond motifs is 2. The standard InChI is InChI=1S/2C23H25.2CH3.2ClH.Si.Zr/c2*1-3-23(12-5-13-23)16-18-14-20-6-4-7-21(22(20)15-18)19-10-8-17(2)9-11-19;;;;;;/h2*4,6-11,14-15H,3,5,12-13,16H2,1-2H3;2*1H3;2*1H;;/q4*-1;;;;. The zero-order chi connectivity index (χ0) is 33.7. The van der Waals surface area contributed by atoms with E-state index >= 15 is 0 Å². The van der Waals surface area contributed by atoms with Crippen molar-refractivity contribution >= 4 is 53.2 Å². The third-order valence-electron chi connectivity index (χ3n) is 11.8. The van der Waals surface area contributed by atoms with E-state index in [1.807, 2.05) is 0 Å². The maximum atomic E-state index is 3.06. The Hall–Kier alpha value is -2.22. The van der Waals surface area contributed by atoms with Crippen LogP contribution in [0.1, 0.15) is 87.5 Å². The van der Waals surface area contributed by atoms with Crippen LogP contribution >= 0.6 is 24.8 Å². The van der Waals surface area contributed by atoms with E-state index < -0.39 is 0 Å². The predicted octanol–water partition coefficient (Wildman–Crippen LogP) is 14.7. The molecule has 0 saturated heterocycles. The van der Waals surface area contributed by atoms with Crippen LogP contribution < -0.4 is 0 Å². The van der Waals surface area contributed by atoms with Crippen LogP contribution in [0.2, 0.25) is 0 Å². The maximum absolute atomic E-state index is 3.06. The average molecular weight is 825 g/mol. The molecule has 52 heavy (non-hydrogen) atoms. The molecule has 0 aromatic heterocycles. The van der Waals surface area contributed by atoms with Crippen molar-refractivity contribution in [1.82, 2.24) is 0 Å². The summed E-state index contributed by atoms with van der Waals surface area (Å²) in [5, 5.41) is 5.61. The number of benzene rings is 4. The Morgan fingerprint density at radius 2 is 0.904 bits per heavy atom. The monoisotopic (exact) mass is 822 g/mol. The van der Waals surface area contributed by atoms with Crippen LogP contribution in [0.5, 0.6) is 0 Å². The number of rotatable bonds is 8. The average Bonchev–Trinajstić information content (AvgIpc) is 3.70. The first-order valence-corrected chi connectivity index (χ1v) is 22.3. The quantitative estimate of drug-likeness (QED) is 0.106. The van der Waals surface area contributed by atoms with Crippen molar-refractivity contribution in [2.24, 2.45) is 10.8 Å². The van der Waals surface area contributed by atoms with Gasteiger partial charge in [-0.3, -0.25) is 0 Å². The van der Waals surface area contributed by atoms with Gasteiger partial charge in [0, 0.05) is 0 Å². The molecular weight excluding hydrogens is 767 g/mol. The summed E-state index contributed by atoms with van der Waals surface area (Å²) >= 11 is 1.36. The Bertz CT molecular complexity index is 1800. The number of hydrogen-bond acceptors (Lipinski definition) is 0. The molecule has 2 aliphatic rings. The summed E-state index contributed by atoms with van der Waals surface area (Å²) in [6.07, 6.45) is 13.6. The number of aryl methyl sites for hydroxylation is 2. The van der Waals surface area contributed by atoms with Gasteiger partial charge in [-0.25, -0.2) is 0 Å². The summed E-state index contributed by atoms with van der Waals surface area (Å²) < 4.78 is 0. The van der Waals surface area contributed by atoms with Gasteiger partial charge < -0.3 is 14.9 Å². The van der Waals surface area contributed by atoms with Gasteiger partial charge in [-0.2, -0.15) is 12.1 Å². The van der Waals surface area contributed by atoms with Gasteiger partial charge in [-0.15, -0.1) is 93.9 Å². The third-order valence-corrected chi connectivity index (χ3v) is 11.8. The first-order chi connectivity index (χ1) is 23.4. The second-order valence-corrected chi connectivity index (χ2v) is 14.8. The van der Waals surface area contributed by atoms with Crippen molar-refractivity contribution < 1.29 is 23.3 Å². The zero-order valence-corrected chi connectivity index (χ0v) is 37.4.